The lowest BCUT2D eigenvalue weighted by atomic mass is 10.2. The van der Waals surface area contributed by atoms with Crippen molar-refractivity contribution < 1.29 is 29.9 Å². The van der Waals surface area contributed by atoms with Crippen molar-refractivity contribution in [1.82, 2.24) is 0 Å². The quantitative estimate of drug-likeness (QED) is 0.193. The summed E-state index contributed by atoms with van der Waals surface area (Å²) in [4.78, 5) is 0. The third kappa shape index (κ3) is 7.20. The highest BCUT2D eigenvalue weighted by Crippen LogP contribution is 2.09. The molecule has 0 aromatic rings. The molecular formula is C10H22O6S. The Bertz CT molecular complexity index is 180. The van der Waals surface area contributed by atoms with Crippen LogP contribution in [-0.2, 0) is 9.47 Å². The molecule has 0 aliphatic rings. The number of aliphatic hydroxyl groups excluding tert-OH is 4. The van der Waals surface area contributed by atoms with E-state index >= 15 is 0 Å². The minimum atomic E-state index is -1.22. The van der Waals surface area contributed by atoms with E-state index in [0.29, 0.717) is 18.8 Å². The van der Waals surface area contributed by atoms with Crippen molar-refractivity contribution in [3.8, 4) is 0 Å². The van der Waals surface area contributed by atoms with Crippen molar-refractivity contribution in [3.63, 3.8) is 0 Å². The van der Waals surface area contributed by atoms with Crippen LogP contribution in [0.25, 0.3) is 0 Å². The molecule has 104 valence electrons. The molecule has 0 aliphatic heterocycles. The van der Waals surface area contributed by atoms with Gasteiger partial charge in [-0.15, -0.1) is 0 Å². The fourth-order valence-corrected chi connectivity index (χ4v) is 1.20. The molecule has 1 unspecified atom stereocenters. The molecule has 4 N–H and O–H groups in total. The third-order valence-corrected chi connectivity index (χ3v) is 2.43. The Balaban J connectivity index is 4.25. The Morgan fingerprint density at radius 1 is 1.18 bits per heavy atom. The molecule has 0 saturated heterocycles. The van der Waals surface area contributed by atoms with Gasteiger partial charge in [0, 0.05) is 0 Å². The van der Waals surface area contributed by atoms with Gasteiger partial charge in [-0.2, -0.15) is 12.6 Å². The van der Waals surface area contributed by atoms with Crippen molar-refractivity contribution in [2.24, 2.45) is 0 Å². The van der Waals surface area contributed by atoms with Crippen LogP contribution in [0.1, 0.15) is 13.3 Å². The lowest BCUT2D eigenvalue weighted by Gasteiger charge is -2.27. The Labute approximate surface area is 107 Å². The molecule has 0 aromatic heterocycles. The number of rotatable bonds is 10. The molecular weight excluding hydrogens is 248 g/mol. The zero-order valence-corrected chi connectivity index (χ0v) is 10.8. The molecule has 0 heterocycles. The average molecular weight is 270 g/mol. The maximum atomic E-state index is 9.46. The van der Waals surface area contributed by atoms with Gasteiger partial charge in [0.25, 0.3) is 0 Å². The van der Waals surface area contributed by atoms with E-state index in [9.17, 15) is 10.2 Å². The van der Waals surface area contributed by atoms with E-state index < -0.39 is 37.8 Å². The van der Waals surface area contributed by atoms with Gasteiger partial charge in [0.1, 0.15) is 12.2 Å². The van der Waals surface area contributed by atoms with Gasteiger partial charge in [0.15, 0.2) is 6.29 Å². The number of ether oxygens (including phenoxy) is 2. The minimum absolute atomic E-state index is 0.309. The van der Waals surface area contributed by atoms with E-state index in [1.165, 1.54) is 6.92 Å². The molecule has 0 rings (SSSR count). The molecule has 0 fully saturated rings. The maximum absolute atomic E-state index is 9.46. The predicted octanol–water partition coefficient (Wildman–Crippen LogP) is -1.24. The highest BCUT2D eigenvalue weighted by Gasteiger charge is 2.26. The molecule has 7 heteroatoms. The topological polar surface area (TPSA) is 99.4 Å². The Morgan fingerprint density at radius 2 is 1.82 bits per heavy atom. The maximum Gasteiger partial charge on any atom is 0.186 e. The van der Waals surface area contributed by atoms with Crippen molar-refractivity contribution in [3.05, 3.63) is 0 Å². The standard InChI is InChI=1S/C10H22O6S/c1-7(13)9(6-12)16-10(8(14)5-11)15-3-2-4-17/h7-14,17H,2-6H2,1H3/t7-,8-,9?,10+/m1/s1. The summed E-state index contributed by atoms with van der Waals surface area (Å²) >= 11 is 4.01. The first kappa shape index (κ1) is 17.1. The first-order valence-corrected chi connectivity index (χ1v) is 6.15. The lowest BCUT2D eigenvalue weighted by Crippen LogP contribution is -2.42. The fraction of sp³-hybridized carbons (Fsp3) is 1.00. The molecule has 0 bridgehead atoms. The normalized spacial score (nSPS) is 18.7. The van der Waals surface area contributed by atoms with Crippen LogP contribution in [0, 0.1) is 0 Å². The summed E-state index contributed by atoms with van der Waals surface area (Å²) in [5, 5.41) is 36.6. The molecule has 17 heavy (non-hydrogen) atoms. The number of hydrogen-bond acceptors (Lipinski definition) is 7. The molecule has 0 amide bonds. The lowest BCUT2D eigenvalue weighted by molar-refractivity contribution is -0.240. The van der Waals surface area contributed by atoms with E-state index in [-0.39, 0.29) is 0 Å². The van der Waals surface area contributed by atoms with Crippen LogP contribution in [0.4, 0.5) is 0 Å². The minimum Gasteiger partial charge on any atom is -0.394 e. The van der Waals surface area contributed by atoms with Gasteiger partial charge in [0.2, 0.25) is 0 Å². The van der Waals surface area contributed by atoms with E-state index in [2.05, 4.69) is 12.6 Å². The smallest absolute Gasteiger partial charge is 0.186 e. The SMILES string of the molecule is C[C@@H](O)C(CO)O[C@H](OCCCS)[C@H](O)CO. The van der Waals surface area contributed by atoms with Gasteiger partial charge in [-0.1, -0.05) is 0 Å². The predicted molar refractivity (Wildman–Crippen MR) is 64.9 cm³/mol. The molecule has 6 nitrogen and oxygen atoms in total. The second-order valence-electron chi connectivity index (χ2n) is 3.66. The number of aliphatic hydroxyl groups is 4. The summed E-state index contributed by atoms with van der Waals surface area (Å²) in [6.45, 7) is 0.839. The average Bonchev–Trinajstić information content (AvgIpc) is 2.32. The van der Waals surface area contributed by atoms with E-state index in [4.69, 9.17) is 19.7 Å². The Kier molecular flexibility index (Phi) is 10.1. The van der Waals surface area contributed by atoms with Crippen LogP contribution in [0.5, 0.6) is 0 Å². The van der Waals surface area contributed by atoms with Crippen LogP contribution < -0.4 is 0 Å². The second-order valence-corrected chi connectivity index (χ2v) is 4.11. The van der Waals surface area contributed by atoms with Gasteiger partial charge in [-0.3, -0.25) is 0 Å². The van der Waals surface area contributed by atoms with Gasteiger partial charge in [-0.25, -0.2) is 0 Å². The van der Waals surface area contributed by atoms with Crippen LogP contribution >= 0.6 is 12.6 Å². The largest absolute Gasteiger partial charge is 0.394 e. The van der Waals surface area contributed by atoms with Gasteiger partial charge < -0.3 is 29.9 Å². The highest BCUT2D eigenvalue weighted by molar-refractivity contribution is 7.80. The van der Waals surface area contributed by atoms with Crippen molar-refractivity contribution in [2.75, 3.05) is 25.6 Å². The van der Waals surface area contributed by atoms with E-state index in [1.54, 1.807) is 0 Å². The summed E-state index contributed by atoms with van der Waals surface area (Å²) in [6.07, 6.45) is -3.40. The molecule has 0 saturated carbocycles. The Hall–Kier alpha value is 0.110. The second kappa shape index (κ2) is 10.1. The van der Waals surface area contributed by atoms with E-state index in [1.807, 2.05) is 0 Å². The summed E-state index contributed by atoms with van der Waals surface area (Å²) in [6, 6.07) is 0. The third-order valence-electron chi connectivity index (χ3n) is 2.11. The van der Waals surface area contributed by atoms with Crippen molar-refractivity contribution >= 4 is 12.6 Å². The van der Waals surface area contributed by atoms with Crippen molar-refractivity contribution in [2.45, 2.75) is 37.9 Å². The Morgan fingerprint density at radius 3 is 2.24 bits per heavy atom. The number of thiol groups is 1. The molecule has 4 atom stereocenters. The van der Waals surface area contributed by atoms with Crippen molar-refractivity contribution in [1.29, 1.82) is 0 Å². The van der Waals surface area contributed by atoms with Crippen LogP contribution in [0.15, 0.2) is 0 Å². The summed E-state index contributed by atoms with van der Waals surface area (Å²) < 4.78 is 10.4. The summed E-state index contributed by atoms with van der Waals surface area (Å²) in [7, 11) is 0. The first-order valence-electron chi connectivity index (χ1n) is 5.52. The van der Waals surface area contributed by atoms with Crippen LogP contribution in [0.3, 0.4) is 0 Å². The summed E-state index contributed by atoms with van der Waals surface area (Å²) in [5.74, 6) is 0.627. The molecule has 0 aliphatic carbocycles. The summed E-state index contributed by atoms with van der Waals surface area (Å²) in [5.41, 5.74) is 0. The van der Waals surface area contributed by atoms with Gasteiger partial charge in [-0.05, 0) is 19.1 Å². The monoisotopic (exact) mass is 270 g/mol. The highest BCUT2D eigenvalue weighted by atomic mass is 32.1. The fourth-order valence-electron chi connectivity index (χ4n) is 1.07. The van der Waals surface area contributed by atoms with Gasteiger partial charge >= 0.3 is 0 Å². The van der Waals surface area contributed by atoms with E-state index in [0.717, 1.165) is 0 Å². The first-order chi connectivity index (χ1) is 8.06. The molecule has 0 aromatic carbocycles. The van der Waals surface area contributed by atoms with Crippen LogP contribution in [0.2, 0.25) is 0 Å². The molecule has 0 radical (unpaired) electrons. The van der Waals surface area contributed by atoms with Crippen LogP contribution in [-0.4, -0.2) is 70.6 Å². The number of hydrogen-bond donors (Lipinski definition) is 5. The zero-order valence-electron chi connectivity index (χ0n) is 9.90. The van der Waals surface area contributed by atoms with Gasteiger partial charge in [0.05, 0.1) is 25.9 Å². The molecule has 0 spiro atoms. The zero-order chi connectivity index (χ0) is 13.3.